The molecule has 1 heterocycles. The van der Waals surface area contributed by atoms with Crippen LogP contribution in [0.2, 0.25) is 0 Å². The SMILES string of the molecule is COc1cc(/C=C/c2ccncc2)ccc1OC(=O)c1cccc(Br)c1. The molecule has 1 aromatic heterocycles. The summed E-state index contributed by atoms with van der Waals surface area (Å²) in [7, 11) is 1.54. The maximum atomic E-state index is 12.3. The number of rotatable bonds is 5. The van der Waals surface area contributed by atoms with Crippen LogP contribution in [0.15, 0.2) is 71.5 Å². The van der Waals surface area contributed by atoms with Gasteiger partial charge in [-0.25, -0.2) is 4.79 Å². The minimum atomic E-state index is -0.440. The molecule has 2 aromatic carbocycles. The molecular formula is C21H16BrNO3. The van der Waals surface area contributed by atoms with Crippen molar-refractivity contribution < 1.29 is 14.3 Å². The zero-order chi connectivity index (χ0) is 18.4. The molecular weight excluding hydrogens is 394 g/mol. The number of ether oxygens (including phenoxy) is 2. The molecule has 0 unspecified atom stereocenters. The number of hydrogen-bond donors (Lipinski definition) is 0. The summed E-state index contributed by atoms with van der Waals surface area (Å²) >= 11 is 3.35. The monoisotopic (exact) mass is 409 g/mol. The fourth-order valence-corrected chi connectivity index (χ4v) is 2.71. The van der Waals surface area contributed by atoms with Crippen LogP contribution in [-0.2, 0) is 0 Å². The summed E-state index contributed by atoms with van der Waals surface area (Å²) in [6, 6.07) is 16.3. The number of benzene rings is 2. The van der Waals surface area contributed by atoms with E-state index in [-0.39, 0.29) is 0 Å². The van der Waals surface area contributed by atoms with Gasteiger partial charge in [-0.2, -0.15) is 0 Å². The zero-order valence-electron chi connectivity index (χ0n) is 14.1. The van der Waals surface area contributed by atoms with E-state index in [0.29, 0.717) is 17.1 Å². The lowest BCUT2D eigenvalue weighted by Gasteiger charge is -2.10. The third kappa shape index (κ3) is 4.58. The van der Waals surface area contributed by atoms with Crippen LogP contribution in [0.4, 0.5) is 0 Å². The number of esters is 1. The van der Waals surface area contributed by atoms with Crippen molar-refractivity contribution in [2.75, 3.05) is 7.11 Å². The van der Waals surface area contributed by atoms with E-state index in [2.05, 4.69) is 20.9 Å². The van der Waals surface area contributed by atoms with E-state index >= 15 is 0 Å². The van der Waals surface area contributed by atoms with Crippen LogP contribution in [0.25, 0.3) is 12.2 Å². The van der Waals surface area contributed by atoms with Crippen LogP contribution < -0.4 is 9.47 Å². The minimum absolute atomic E-state index is 0.374. The summed E-state index contributed by atoms with van der Waals surface area (Å²) in [5, 5.41) is 0. The van der Waals surface area contributed by atoms with Crippen molar-refractivity contribution >= 4 is 34.1 Å². The molecule has 0 N–H and O–H groups in total. The number of carbonyl (C=O) groups excluding carboxylic acids is 1. The Bertz CT molecular complexity index is 939. The molecule has 0 amide bonds. The van der Waals surface area contributed by atoms with Crippen molar-refractivity contribution in [3.05, 3.63) is 88.2 Å². The third-order valence-electron chi connectivity index (χ3n) is 3.62. The van der Waals surface area contributed by atoms with Gasteiger partial charge in [0, 0.05) is 16.9 Å². The summed E-state index contributed by atoms with van der Waals surface area (Å²) in [5.74, 6) is 0.424. The fourth-order valence-electron chi connectivity index (χ4n) is 2.31. The van der Waals surface area contributed by atoms with Gasteiger partial charge in [0.2, 0.25) is 0 Å². The first-order valence-electron chi connectivity index (χ1n) is 7.89. The smallest absolute Gasteiger partial charge is 0.343 e. The van der Waals surface area contributed by atoms with Gasteiger partial charge in [-0.3, -0.25) is 4.98 Å². The van der Waals surface area contributed by atoms with Gasteiger partial charge in [0.25, 0.3) is 0 Å². The average Bonchev–Trinajstić information content (AvgIpc) is 2.68. The number of pyridine rings is 1. The van der Waals surface area contributed by atoms with E-state index in [9.17, 15) is 4.79 Å². The van der Waals surface area contributed by atoms with Crippen molar-refractivity contribution in [1.82, 2.24) is 4.98 Å². The standard InChI is InChI=1S/C21H16BrNO3/c1-25-20-13-16(6-5-15-9-11-23-12-10-15)7-8-19(20)26-21(24)17-3-2-4-18(22)14-17/h2-14H,1H3/b6-5+. The molecule has 0 aliphatic carbocycles. The molecule has 130 valence electrons. The highest BCUT2D eigenvalue weighted by Gasteiger charge is 2.13. The second-order valence-corrected chi connectivity index (χ2v) is 6.34. The summed E-state index contributed by atoms with van der Waals surface area (Å²) in [5.41, 5.74) is 2.44. The van der Waals surface area contributed by atoms with Crippen LogP contribution in [0.3, 0.4) is 0 Å². The largest absolute Gasteiger partial charge is 0.493 e. The molecule has 0 aliphatic rings. The van der Waals surface area contributed by atoms with E-state index in [0.717, 1.165) is 15.6 Å². The van der Waals surface area contributed by atoms with Crippen LogP contribution >= 0.6 is 15.9 Å². The van der Waals surface area contributed by atoms with Crippen molar-refractivity contribution in [2.24, 2.45) is 0 Å². The van der Waals surface area contributed by atoms with Crippen LogP contribution in [-0.4, -0.2) is 18.1 Å². The third-order valence-corrected chi connectivity index (χ3v) is 4.12. The first-order valence-corrected chi connectivity index (χ1v) is 8.69. The number of methoxy groups -OCH3 is 1. The molecule has 4 nitrogen and oxygen atoms in total. The maximum Gasteiger partial charge on any atom is 0.343 e. The fraction of sp³-hybridized carbons (Fsp3) is 0.0476. The molecule has 0 spiro atoms. The van der Waals surface area contributed by atoms with E-state index in [1.807, 2.05) is 42.5 Å². The number of carbonyl (C=O) groups is 1. The predicted octanol–water partition coefficient (Wildman–Crippen LogP) is 5.24. The van der Waals surface area contributed by atoms with Gasteiger partial charge in [0.1, 0.15) is 0 Å². The van der Waals surface area contributed by atoms with Crippen LogP contribution in [0.5, 0.6) is 11.5 Å². The Morgan fingerprint density at radius 1 is 0.962 bits per heavy atom. The van der Waals surface area contributed by atoms with Crippen molar-refractivity contribution in [1.29, 1.82) is 0 Å². The number of hydrogen-bond acceptors (Lipinski definition) is 4. The Balaban J connectivity index is 1.78. The minimum Gasteiger partial charge on any atom is -0.493 e. The van der Waals surface area contributed by atoms with Gasteiger partial charge >= 0.3 is 5.97 Å². The highest BCUT2D eigenvalue weighted by Crippen LogP contribution is 2.29. The van der Waals surface area contributed by atoms with Gasteiger partial charge in [-0.1, -0.05) is 40.2 Å². The molecule has 5 heteroatoms. The molecule has 3 rings (SSSR count). The number of halogens is 1. The Morgan fingerprint density at radius 3 is 2.46 bits per heavy atom. The summed E-state index contributed by atoms with van der Waals surface area (Å²) in [6.07, 6.45) is 7.41. The molecule has 0 fully saturated rings. The zero-order valence-corrected chi connectivity index (χ0v) is 15.6. The summed E-state index contributed by atoms with van der Waals surface area (Å²) in [4.78, 5) is 16.3. The van der Waals surface area contributed by atoms with Gasteiger partial charge in [-0.15, -0.1) is 0 Å². The van der Waals surface area contributed by atoms with E-state index in [1.165, 1.54) is 0 Å². The quantitative estimate of drug-likeness (QED) is 0.426. The van der Waals surface area contributed by atoms with Crippen molar-refractivity contribution in [3.8, 4) is 11.5 Å². The molecule has 26 heavy (non-hydrogen) atoms. The second-order valence-electron chi connectivity index (χ2n) is 5.42. The van der Waals surface area contributed by atoms with Crippen molar-refractivity contribution in [2.45, 2.75) is 0 Å². The highest BCUT2D eigenvalue weighted by molar-refractivity contribution is 9.10. The molecule has 0 saturated carbocycles. The number of aromatic nitrogens is 1. The van der Waals surface area contributed by atoms with Gasteiger partial charge in [-0.05, 0) is 53.6 Å². The van der Waals surface area contributed by atoms with E-state index in [4.69, 9.17) is 9.47 Å². The lowest BCUT2D eigenvalue weighted by molar-refractivity contribution is 0.0729. The lowest BCUT2D eigenvalue weighted by Crippen LogP contribution is -2.09. The van der Waals surface area contributed by atoms with Crippen LogP contribution in [0, 0.1) is 0 Å². The molecule has 0 aliphatic heterocycles. The summed E-state index contributed by atoms with van der Waals surface area (Å²) < 4.78 is 11.7. The molecule has 0 saturated heterocycles. The topological polar surface area (TPSA) is 48.4 Å². The Kier molecular flexibility index (Phi) is 5.81. The van der Waals surface area contributed by atoms with Crippen LogP contribution in [0.1, 0.15) is 21.5 Å². The molecule has 0 radical (unpaired) electrons. The van der Waals surface area contributed by atoms with Gasteiger partial charge in [0.15, 0.2) is 11.5 Å². The highest BCUT2D eigenvalue weighted by atomic mass is 79.9. The Labute approximate surface area is 160 Å². The Morgan fingerprint density at radius 2 is 1.73 bits per heavy atom. The first kappa shape index (κ1) is 17.9. The van der Waals surface area contributed by atoms with Gasteiger partial charge < -0.3 is 9.47 Å². The summed E-state index contributed by atoms with van der Waals surface area (Å²) in [6.45, 7) is 0. The van der Waals surface area contributed by atoms with Crippen molar-refractivity contribution in [3.63, 3.8) is 0 Å². The maximum absolute atomic E-state index is 12.3. The number of nitrogens with zero attached hydrogens (tertiary/aromatic N) is 1. The molecule has 0 bridgehead atoms. The average molecular weight is 410 g/mol. The van der Waals surface area contributed by atoms with Gasteiger partial charge in [0.05, 0.1) is 12.7 Å². The van der Waals surface area contributed by atoms with E-state index < -0.39 is 5.97 Å². The normalized spacial score (nSPS) is 10.7. The lowest BCUT2D eigenvalue weighted by atomic mass is 10.1. The van der Waals surface area contributed by atoms with E-state index in [1.54, 1.807) is 43.8 Å². The second kappa shape index (κ2) is 8.45. The molecule has 0 atom stereocenters. The molecule has 3 aromatic rings. The first-order chi connectivity index (χ1) is 12.7. The predicted molar refractivity (Wildman–Crippen MR) is 105 cm³/mol. The Hall–Kier alpha value is -2.92.